The van der Waals surface area contributed by atoms with Gasteiger partial charge in [0.05, 0.1) is 5.56 Å². The Hall–Kier alpha value is -1.98. The van der Waals surface area contributed by atoms with Crippen molar-refractivity contribution in [1.82, 2.24) is 5.32 Å². The number of benzene rings is 2. The van der Waals surface area contributed by atoms with Crippen molar-refractivity contribution in [3.63, 3.8) is 0 Å². The van der Waals surface area contributed by atoms with Crippen LogP contribution >= 0.6 is 23.4 Å². The second-order valence-corrected chi connectivity index (χ2v) is 9.44. The van der Waals surface area contributed by atoms with Gasteiger partial charge in [-0.3, -0.25) is 4.79 Å². The third-order valence-corrected chi connectivity index (χ3v) is 7.13. The Morgan fingerprint density at radius 1 is 1.07 bits per heavy atom. The number of halogens is 1. The lowest BCUT2D eigenvalue weighted by Crippen LogP contribution is -2.45. The highest BCUT2D eigenvalue weighted by atomic mass is 35.5. The van der Waals surface area contributed by atoms with Crippen molar-refractivity contribution in [2.75, 3.05) is 6.61 Å². The third-order valence-electron chi connectivity index (χ3n) is 5.80. The minimum absolute atomic E-state index is 0.164. The number of carbonyl (C=O) groups excluding carboxylic acids is 2. The first kappa shape index (κ1) is 22.7. The maximum Gasteiger partial charge on any atom is 0.338 e. The molecule has 1 aliphatic rings. The number of amides is 1. The summed E-state index contributed by atoms with van der Waals surface area (Å²) in [6.07, 6.45) is 3.32. The molecular formula is C24H28ClNO3S. The average Bonchev–Trinajstić information content (AvgIpc) is 2.75. The van der Waals surface area contributed by atoms with Crippen LogP contribution < -0.4 is 5.32 Å². The maximum atomic E-state index is 12.3. The summed E-state index contributed by atoms with van der Waals surface area (Å²) >= 11 is 7.60. The van der Waals surface area contributed by atoms with E-state index in [1.54, 1.807) is 23.9 Å². The molecular weight excluding hydrogens is 418 g/mol. The fourth-order valence-corrected chi connectivity index (χ4v) is 4.66. The van der Waals surface area contributed by atoms with Crippen LogP contribution in [0.25, 0.3) is 0 Å². The fourth-order valence-electron chi connectivity index (χ4n) is 3.68. The van der Waals surface area contributed by atoms with Crippen molar-refractivity contribution in [2.24, 2.45) is 11.8 Å². The van der Waals surface area contributed by atoms with Crippen LogP contribution in [-0.4, -0.2) is 24.5 Å². The zero-order chi connectivity index (χ0) is 21.5. The topological polar surface area (TPSA) is 55.4 Å². The predicted molar refractivity (Wildman–Crippen MR) is 122 cm³/mol. The Balaban J connectivity index is 1.43. The van der Waals surface area contributed by atoms with Crippen LogP contribution in [0.2, 0.25) is 5.02 Å². The molecule has 2 aromatic rings. The molecule has 0 saturated heterocycles. The molecule has 1 N–H and O–H groups in total. The molecule has 30 heavy (non-hydrogen) atoms. The normalized spacial score (nSPS) is 21.1. The molecule has 4 nitrogen and oxygen atoms in total. The van der Waals surface area contributed by atoms with Crippen molar-refractivity contribution in [2.45, 2.75) is 49.8 Å². The van der Waals surface area contributed by atoms with E-state index in [9.17, 15) is 9.59 Å². The first-order chi connectivity index (χ1) is 14.4. The molecule has 1 saturated carbocycles. The minimum atomic E-state index is -0.480. The third kappa shape index (κ3) is 6.51. The summed E-state index contributed by atoms with van der Waals surface area (Å²) in [6.45, 7) is 4.15. The first-order valence-corrected chi connectivity index (χ1v) is 11.7. The van der Waals surface area contributed by atoms with E-state index in [1.807, 2.05) is 36.4 Å². The van der Waals surface area contributed by atoms with Gasteiger partial charge in [-0.05, 0) is 60.2 Å². The molecule has 0 spiro atoms. The molecule has 0 bridgehead atoms. The lowest BCUT2D eigenvalue weighted by molar-refractivity contribution is -0.125. The zero-order valence-corrected chi connectivity index (χ0v) is 19.0. The van der Waals surface area contributed by atoms with Gasteiger partial charge in [0.15, 0.2) is 6.61 Å². The van der Waals surface area contributed by atoms with E-state index in [4.69, 9.17) is 16.3 Å². The Labute approximate surface area is 187 Å². The Morgan fingerprint density at radius 3 is 2.47 bits per heavy atom. The van der Waals surface area contributed by atoms with Crippen molar-refractivity contribution in [3.05, 3.63) is 64.7 Å². The van der Waals surface area contributed by atoms with E-state index in [2.05, 4.69) is 19.2 Å². The quantitative estimate of drug-likeness (QED) is 0.436. The molecule has 2 aromatic carbocycles. The molecule has 160 valence electrons. The van der Waals surface area contributed by atoms with Crippen LogP contribution in [0.3, 0.4) is 0 Å². The average molecular weight is 446 g/mol. The number of thioether (sulfide) groups is 1. The number of carbonyl (C=O) groups is 2. The molecule has 1 aliphatic carbocycles. The van der Waals surface area contributed by atoms with Gasteiger partial charge in [0, 0.05) is 21.7 Å². The largest absolute Gasteiger partial charge is 0.452 e. The Bertz CT molecular complexity index is 854. The van der Waals surface area contributed by atoms with E-state index in [0.717, 1.165) is 34.1 Å². The summed E-state index contributed by atoms with van der Waals surface area (Å²) in [4.78, 5) is 25.6. The van der Waals surface area contributed by atoms with E-state index < -0.39 is 5.97 Å². The van der Waals surface area contributed by atoms with Gasteiger partial charge in [0.25, 0.3) is 5.91 Å². The van der Waals surface area contributed by atoms with E-state index in [0.29, 0.717) is 17.4 Å². The van der Waals surface area contributed by atoms with Crippen LogP contribution in [0.1, 0.15) is 49.0 Å². The van der Waals surface area contributed by atoms with Crippen LogP contribution in [-0.2, 0) is 15.3 Å². The van der Waals surface area contributed by atoms with Crippen molar-refractivity contribution >= 4 is 35.2 Å². The lowest BCUT2D eigenvalue weighted by atomic mass is 9.78. The van der Waals surface area contributed by atoms with Crippen LogP contribution in [0, 0.1) is 11.8 Å². The van der Waals surface area contributed by atoms with Gasteiger partial charge >= 0.3 is 5.97 Å². The molecule has 0 aliphatic heterocycles. The number of rotatable bonds is 7. The Morgan fingerprint density at radius 2 is 1.77 bits per heavy atom. The minimum Gasteiger partial charge on any atom is -0.452 e. The second kappa shape index (κ2) is 10.9. The first-order valence-electron chi connectivity index (χ1n) is 10.4. The number of nitrogens with one attached hydrogen (secondary N) is 1. The summed E-state index contributed by atoms with van der Waals surface area (Å²) in [7, 11) is 0. The molecule has 3 atom stereocenters. The van der Waals surface area contributed by atoms with Gasteiger partial charge in [-0.1, -0.05) is 50.4 Å². The number of hydrogen-bond donors (Lipinski definition) is 1. The SMILES string of the molecule is CC1CCCC(NC(=O)COC(=O)c2ccc(CSc3ccc(Cl)cc3)cc2)C1C. The molecule has 6 heteroatoms. The van der Waals surface area contributed by atoms with Gasteiger partial charge in [-0.15, -0.1) is 11.8 Å². The zero-order valence-electron chi connectivity index (χ0n) is 17.4. The van der Waals surface area contributed by atoms with Gasteiger partial charge in [0.1, 0.15) is 0 Å². The van der Waals surface area contributed by atoms with E-state index in [1.165, 1.54) is 6.42 Å². The number of esters is 1. The molecule has 0 heterocycles. The smallest absolute Gasteiger partial charge is 0.338 e. The fraction of sp³-hybridized carbons (Fsp3) is 0.417. The molecule has 3 rings (SSSR count). The molecule has 0 aromatic heterocycles. The highest BCUT2D eigenvalue weighted by molar-refractivity contribution is 7.98. The van der Waals surface area contributed by atoms with E-state index >= 15 is 0 Å². The van der Waals surface area contributed by atoms with Crippen molar-refractivity contribution < 1.29 is 14.3 Å². The summed E-state index contributed by atoms with van der Waals surface area (Å²) in [5.74, 6) is 1.12. The summed E-state index contributed by atoms with van der Waals surface area (Å²) in [5, 5.41) is 3.74. The highest BCUT2D eigenvalue weighted by Crippen LogP contribution is 2.29. The van der Waals surface area contributed by atoms with Gasteiger partial charge in [-0.25, -0.2) is 4.79 Å². The standard InChI is InChI=1S/C24H28ClNO3S/c1-16-4-3-5-22(17(16)2)26-23(27)14-29-24(28)19-8-6-18(7-9-19)15-30-21-12-10-20(25)11-13-21/h6-13,16-17,22H,3-5,14-15H2,1-2H3,(H,26,27). The van der Waals surface area contributed by atoms with Crippen molar-refractivity contribution in [1.29, 1.82) is 0 Å². The van der Waals surface area contributed by atoms with Crippen molar-refractivity contribution in [3.8, 4) is 0 Å². The number of ether oxygens (including phenoxy) is 1. The summed E-state index contributed by atoms with van der Waals surface area (Å²) in [5.41, 5.74) is 1.55. The van der Waals surface area contributed by atoms with Crippen LogP contribution in [0.4, 0.5) is 0 Å². The summed E-state index contributed by atoms with van der Waals surface area (Å²) < 4.78 is 5.21. The Kier molecular flexibility index (Phi) is 8.23. The molecule has 1 amide bonds. The molecule has 0 radical (unpaired) electrons. The predicted octanol–water partition coefficient (Wildman–Crippen LogP) is 5.73. The molecule has 3 unspecified atom stereocenters. The maximum absolute atomic E-state index is 12.3. The number of hydrogen-bond acceptors (Lipinski definition) is 4. The van der Waals surface area contributed by atoms with Gasteiger partial charge < -0.3 is 10.1 Å². The van der Waals surface area contributed by atoms with Gasteiger partial charge in [-0.2, -0.15) is 0 Å². The molecule has 1 fully saturated rings. The summed E-state index contributed by atoms with van der Waals surface area (Å²) in [6, 6.07) is 15.2. The van der Waals surface area contributed by atoms with E-state index in [-0.39, 0.29) is 18.6 Å². The monoisotopic (exact) mass is 445 g/mol. The highest BCUT2D eigenvalue weighted by Gasteiger charge is 2.28. The second-order valence-electron chi connectivity index (χ2n) is 7.96. The van der Waals surface area contributed by atoms with Crippen LogP contribution in [0.15, 0.2) is 53.4 Å². The lowest BCUT2D eigenvalue weighted by Gasteiger charge is -2.34. The van der Waals surface area contributed by atoms with Gasteiger partial charge in [0.2, 0.25) is 0 Å². The van der Waals surface area contributed by atoms with Crippen LogP contribution in [0.5, 0.6) is 0 Å².